The van der Waals surface area contributed by atoms with E-state index >= 15 is 0 Å². The Balaban J connectivity index is 0.00000145. The summed E-state index contributed by atoms with van der Waals surface area (Å²) in [5, 5.41) is 2.37. The van der Waals surface area contributed by atoms with Crippen molar-refractivity contribution in [3.63, 3.8) is 0 Å². The van der Waals surface area contributed by atoms with Crippen molar-refractivity contribution in [1.82, 2.24) is 0 Å². The van der Waals surface area contributed by atoms with E-state index in [2.05, 4.69) is 32.9 Å². The first-order valence-corrected chi connectivity index (χ1v) is 11.0. The molecule has 3 rings (SSSR count). The Morgan fingerprint density at radius 2 is 1.24 bits per heavy atom. The molecule has 0 saturated carbocycles. The number of hydrogen-bond donors (Lipinski definition) is 0. The van der Waals surface area contributed by atoms with Gasteiger partial charge < -0.3 is 4.57 Å². The lowest BCUT2D eigenvalue weighted by atomic mass is 10.1. The molecule has 0 saturated heterocycles. The van der Waals surface area contributed by atoms with Crippen molar-refractivity contribution in [3.05, 3.63) is 122 Å². The van der Waals surface area contributed by atoms with E-state index in [1.54, 1.807) is 18.2 Å². The van der Waals surface area contributed by atoms with E-state index < -0.39 is 7.14 Å². The Morgan fingerprint density at radius 3 is 1.79 bits per heavy atom. The number of benzene rings is 3. The molecule has 0 spiro atoms. The van der Waals surface area contributed by atoms with Crippen LogP contribution >= 0.6 is 7.14 Å². The van der Waals surface area contributed by atoms with Crippen LogP contribution < -0.4 is 15.9 Å². The van der Waals surface area contributed by atoms with Gasteiger partial charge >= 0.3 is 0 Å². The maximum absolute atomic E-state index is 14.9. The third-order valence-electron chi connectivity index (χ3n) is 4.84. The van der Waals surface area contributed by atoms with Gasteiger partial charge in [-0.1, -0.05) is 105 Å². The SMILES string of the molecule is C=C.C=Cc1cccc(P(=O)(c2ccccc2)c2cccc(C)c2C=C)c1C=C. The molecule has 146 valence electrons. The zero-order chi connectivity index (χ0) is 21.4. The van der Waals surface area contributed by atoms with Gasteiger partial charge in [0, 0.05) is 15.9 Å². The second-order valence-electron chi connectivity index (χ2n) is 6.34. The molecule has 0 radical (unpaired) electrons. The maximum Gasteiger partial charge on any atom is 0.172 e. The molecule has 29 heavy (non-hydrogen) atoms. The van der Waals surface area contributed by atoms with Crippen LogP contribution in [0.3, 0.4) is 0 Å². The largest absolute Gasteiger partial charge is 0.309 e. The van der Waals surface area contributed by atoms with Crippen LogP contribution in [0.2, 0.25) is 0 Å². The van der Waals surface area contributed by atoms with Gasteiger partial charge in [-0.25, -0.2) is 0 Å². The van der Waals surface area contributed by atoms with Gasteiger partial charge in [0.2, 0.25) is 0 Å². The van der Waals surface area contributed by atoms with Gasteiger partial charge in [0.25, 0.3) is 0 Å². The highest BCUT2D eigenvalue weighted by atomic mass is 31.2. The molecule has 3 aromatic carbocycles. The molecule has 0 aromatic heterocycles. The third kappa shape index (κ3) is 4.01. The van der Waals surface area contributed by atoms with Crippen molar-refractivity contribution < 1.29 is 4.57 Å². The molecular weight excluding hydrogens is 371 g/mol. The number of aryl methyl sites for hydroxylation is 1. The molecular formula is C27H27OP. The molecule has 0 amide bonds. The summed E-state index contributed by atoms with van der Waals surface area (Å²) in [5.74, 6) is 0. The van der Waals surface area contributed by atoms with Crippen molar-refractivity contribution in [2.24, 2.45) is 0 Å². The molecule has 0 aliphatic heterocycles. The average Bonchev–Trinajstić information content (AvgIpc) is 2.79. The van der Waals surface area contributed by atoms with E-state index in [-0.39, 0.29) is 0 Å². The van der Waals surface area contributed by atoms with E-state index in [0.29, 0.717) is 0 Å². The lowest BCUT2D eigenvalue weighted by molar-refractivity contribution is 0.592. The van der Waals surface area contributed by atoms with E-state index in [0.717, 1.165) is 38.2 Å². The highest BCUT2D eigenvalue weighted by molar-refractivity contribution is 7.85. The second kappa shape index (κ2) is 9.87. The fraction of sp³-hybridized carbons (Fsp3) is 0.0370. The van der Waals surface area contributed by atoms with Crippen LogP contribution in [0.5, 0.6) is 0 Å². The van der Waals surface area contributed by atoms with E-state index in [1.165, 1.54) is 0 Å². The van der Waals surface area contributed by atoms with Crippen molar-refractivity contribution in [2.75, 3.05) is 0 Å². The Morgan fingerprint density at radius 1 is 0.690 bits per heavy atom. The topological polar surface area (TPSA) is 17.1 Å². The number of hydrogen-bond acceptors (Lipinski definition) is 1. The average molecular weight is 398 g/mol. The first-order valence-electron chi connectivity index (χ1n) is 9.34. The van der Waals surface area contributed by atoms with Crippen LogP contribution in [0.25, 0.3) is 18.2 Å². The van der Waals surface area contributed by atoms with Crippen LogP contribution in [-0.4, -0.2) is 0 Å². The summed E-state index contributed by atoms with van der Waals surface area (Å²) in [6.45, 7) is 19.9. The minimum absolute atomic E-state index is 0.773. The van der Waals surface area contributed by atoms with Gasteiger partial charge in [-0.2, -0.15) is 0 Å². The summed E-state index contributed by atoms with van der Waals surface area (Å²) in [6.07, 6.45) is 5.34. The highest BCUT2D eigenvalue weighted by Crippen LogP contribution is 2.45. The van der Waals surface area contributed by atoms with Gasteiger partial charge in [0.1, 0.15) is 0 Å². The van der Waals surface area contributed by atoms with Crippen molar-refractivity contribution in [3.8, 4) is 0 Å². The Labute approximate surface area is 174 Å². The van der Waals surface area contributed by atoms with Crippen LogP contribution in [-0.2, 0) is 4.57 Å². The molecule has 3 aromatic rings. The standard InChI is InChI=1S/C25H23OP.C2H4/c1-5-20-14-12-18-25(23(20)7-3)27(26,21-15-9-8-10-16-21)24-17-11-13-19(4)22(24)6-2;1-2/h5-18H,1-3H2,4H3;1-2H2. The predicted molar refractivity (Wildman–Crippen MR) is 132 cm³/mol. The molecule has 0 N–H and O–H groups in total. The molecule has 1 nitrogen and oxygen atoms in total. The minimum atomic E-state index is -3.14. The number of rotatable bonds is 6. The summed E-state index contributed by atoms with van der Waals surface area (Å²) in [4.78, 5) is 0. The first kappa shape index (κ1) is 22.1. The zero-order valence-electron chi connectivity index (χ0n) is 17.0. The Kier molecular flexibility index (Phi) is 7.53. The van der Waals surface area contributed by atoms with Gasteiger partial charge in [0.15, 0.2) is 7.14 Å². The van der Waals surface area contributed by atoms with E-state index in [1.807, 2.05) is 73.7 Å². The van der Waals surface area contributed by atoms with Crippen LogP contribution in [0.1, 0.15) is 22.3 Å². The molecule has 0 heterocycles. The van der Waals surface area contributed by atoms with E-state index in [9.17, 15) is 4.57 Å². The molecule has 0 aliphatic rings. The highest BCUT2D eigenvalue weighted by Gasteiger charge is 2.33. The first-order chi connectivity index (χ1) is 14.1. The molecule has 0 bridgehead atoms. The van der Waals surface area contributed by atoms with Crippen LogP contribution in [0.15, 0.2) is 99.6 Å². The van der Waals surface area contributed by atoms with Crippen molar-refractivity contribution >= 4 is 41.3 Å². The molecule has 2 heteroatoms. The molecule has 1 atom stereocenters. The Bertz CT molecular complexity index is 1080. The monoisotopic (exact) mass is 398 g/mol. The third-order valence-corrected chi connectivity index (χ3v) is 8.01. The zero-order valence-corrected chi connectivity index (χ0v) is 17.9. The lowest BCUT2D eigenvalue weighted by Crippen LogP contribution is -2.29. The van der Waals surface area contributed by atoms with Gasteiger partial charge in [0.05, 0.1) is 0 Å². The van der Waals surface area contributed by atoms with E-state index in [4.69, 9.17) is 0 Å². The van der Waals surface area contributed by atoms with Gasteiger partial charge in [-0.05, 0) is 29.2 Å². The fourth-order valence-corrected chi connectivity index (χ4v) is 6.66. The quantitative estimate of drug-likeness (QED) is 0.348. The van der Waals surface area contributed by atoms with Crippen molar-refractivity contribution in [1.29, 1.82) is 0 Å². The molecule has 0 aliphatic carbocycles. The summed E-state index contributed by atoms with van der Waals surface area (Å²) >= 11 is 0. The minimum Gasteiger partial charge on any atom is -0.309 e. The summed E-state index contributed by atoms with van der Waals surface area (Å²) in [7, 11) is -3.14. The smallest absolute Gasteiger partial charge is 0.172 e. The van der Waals surface area contributed by atoms with Crippen LogP contribution in [0, 0.1) is 6.92 Å². The van der Waals surface area contributed by atoms with Gasteiger partial charge in [-0.15, -0.1) is 13.2 Å². The summed E-state index contributed by atoms with van der Waals surface area (Å²) < 4.78 is 14.9. The Hall–Kier alpha value is -3.15. The summed E-state index contributed by atoms with van der Waals surface area (Å²) in [5.41, 5.74) is 3.75. The lowest BCUT2D eigenvalue weighted by Gasteiger charge is -2.25. The summed E-state index contributed by atoms with van der Waals surface area (Å²) in [6, 6.07) is 21.4. The van der Waals surface area contributed by atoms with Crippen LogP contribution in [0.4, 0.5) is 0 Å². The predicted octanol–water partition coefficient (Wildman–Crippen LogP) is 6.37. The van der Waals surface area contributed by atoms with Gasteiger partial charge in [-0.3, -0.25) is 0 Å². The fourth-order valence-electron chi connectivity index (χ4n) is 3.50. The maximum atomic E-state index is 14.9. The second-order valence-corrected chi connectivity index (χ2v) is 9.04. The molecule has 0 fully saturated rings. The normalized spacial score (nSPS) is 12.0. The molecule has 1 unspecified atom stereocenters. The van der Waals surface area contributed by atoms with Crippen molar-refractivity contribution in [2.45, 2.75) is 6.92 Å².